The molecule has 0 radical (unpaired) electrons. The molecule has 21 heavy (non-hydrogen) atoms. The van der Waals surface area contributed by atoms with Crippen LogP contribution in [0.1, 0.15) is 12.8 Å². The fourth-order valence-corrected chi connectivity index (χ4v) is 15.1. The zero-order chi connectivity index (χ0) is 16.3. The van der Waals surface area contributed by atoms with Crippen molar-refractivity contribution in [1.29, 1.82) is 0 Å². The summed E-state index contributed by atoms with van der Waals surface area (Å²) in [4.78, 5) is 10.9. The fraction of sp³-hybridized carbons (Fsp3) is 0.923. The monoisotopic (exact) mass is 350 g/mol. The maximum absolute atomic E-state index is 10.9. The molecule has 124 valence electrons. The van der Waals surface area contributed by atoms with Crippen molar-refractivity contribution in [2.75, 3.05) is 6.61 Å². The number of rotatable bonds is 8. The molecule has 0 aliphatic carbocycles. The zero-order valence-electron chi connectivity index (χ0n) is 14.4. The van der Waals surface area contributed by atoms with Gasteiger partial charge in [-0.25, -0.2) is 4.79 Å². The second-order valence-electron chi connectivity index (χ2n) is 7.76. The van der Waals surface area contributed by atoms with Gasteiger partial charge in [0.1, 0.15) is 12.7 Å². The molecule has 5 nitrogen and oxygen atoms in total. The smallest absolute Gasteiger partial charge is 0.437 e. The lowest BCUT2D eigenvalue weighted by atomic mass is 10.2. The Labute approximate surface area is 131 Å². The summed E-state index contributed by atoms with van der Waals surface area (Å²) in [6.45, 7) is 15.8. The van der Waals surface area contributed by atoms with Gasteiger partial charge in [0, 0.05) is 0 Å². The molecule has 0 aromatic heterocycles. The van der Waals surface area contributed by atoms with E-state index in [1.165, 1.54) is 0 Å². The summed E-state index contributed by atoms with van der Waals surface area (Å²) in [6, 6.07) is 0.940. The van der Waals surface area contributed by atoms with Crippen molar-refractivity contribution in [3.8, 4) is 0 Å². The van der Waals surface area contributed by atoms with Gasteiger partial charge in [0.15, 0.2) is 16.6 Å². The molecular formula is C13H30O5Si3. The van der Waals surface area contributed by atoms with Gasteiger partial charge in [-0.05, 0) is 64.7 Å². The molecule has 1 aliphatic rings. The van der Waals surface area contributed by atoms with Crippen LogP contribution in [-0.2, 0) is 17.7 Å². The first-order valence-corrected chi connectivity index (χ1v) is 17.0. The van der Waals surface area contributed by atoms with E-state index in [2.05, 4.69) is 45.8 Å². The minimum Gasteiger partial charge on any atom is -0.437 e. The van der Waals surface area contributed by atoms with Gasteiger partial charge in [0.25, 0.3) is 0 Å². The van der Waals surface area contributed by atoms with E-state index in [1.807, 2.05) is 0 Å². The van der Waals surface area contributed by atoms with Crippen molar-refractivity contribution in [2.24, 2.45) is 0 Å². The van der Waals surface area contributed by atoms with Crippen molar-refractivity contribution < 1.29 is 22.5 Å². The first kappa shape index (κ1) is 18.9. The van der Waals surface area contributed by atoms with Gasteiger partial charge in [-0.15, -0.1) is 0 Å². The molecule has 1 heterocycles. The van der Waals surface area contributed by atoms with Gasteiger partial charge in [0.05, 0.1) is 0 Å². The predicted molar refractivity (Wildman–Crippen MR) is 90.7 cm³/mol. The average molecular weight is 351 g/mol. The van der Waals surface area contributed by atoms with Crippen LogP contribution in [0.2, 0.25) is 51.9 Å². The summed E-state index contributed by atoms with van der Waals surface area (Å²) in [5.41, 5.74) is 0. The van der Waals surface area contributed by atoms with Gasteiger partial charge in [-0.1, -0.05) is 0 Å². The quantitative estimate of drug-likeness (QED) is 0.488. The number of carbonyl (C=O) groups is 1. The molecule has 1 saturated heterocycles. The Balaban J connectivity index is 2.54. The molecule has 1 atom stereocenters. The van der Waals surface area contributed by atoms with Gasteiger partial charge < -0.3 is 17.7 Å². The normalized spacial score (nSPS) is 20.3. The van der Waals surface area contributed by atoms with Crippen LogP contribution in [0, 0.1) is 0 Å². The highest BCUT2D eigenvalue weighted by Gasteiger charge is 2.40. The van der Waals surface area contributed by atoms with Gasteiger partial charge in [-0.2, -0.15) is 0 Å². The number of carbonyl (C=O) groups excluding carboxylic acids is 1. The third-order valence-electron chi connectivity index (χ3n) is 2.85. The Kier molecular flexibility index (Phi) is 6.25. The molecule has 0 amide bonds. The minimum atomic E-state index is -2.17. The summed E-state index contributed by atoms with van der Waals surface area (Å²) >= 11 is 0. The maximum atomic E-state index is 10.9. The van der Waals surface area contributed by atoms with Gasteiger partial charge in [-0.3, -0.25) is 0 Å². The zero-order valence-corrected chi connectivity index (χ0v) is 17.4. The largest absolute Gasteiger partial charge is 0.508 e. The van der Waals surface area contributed by atoms with Crippen LogP contribution in [0.3, 0.4) is 0 Å². The van der Waals surface area contributed by atoms with Crippen LogP contribution >= 0.6 is 0 Å². The maximum Gasteiger partial charge on any atom is 0.508 e. The van der Waals surface area contributed by atoms with E-state index in [4.69, 9.17) is 17.7 Å². The molecule has 0 N–H and O–H groups in total. The van der Waals surface area contributed by atoms with E-state index < -0.39 is 31.4 Å². The molecule has 0 aromatic rings. The SMILES string of the molecule is C[Si](C)(C)O[Si](C)(CCCC1COC(=O)O1)O[Si](C)(C)C. The highest BCUT2D eigenvalue weighted by Crippen LogP contribution is 2.27. The van der Waals surface area contributed by atoms with Crippen molar-refractivity contribution >= 4 is 31.4 Å². The highest BCUT2D eigenvalue weighted by molar-refractivity contribution is 6.87. The fourth-order valence-electron chi connectivity index (χ4n) is 2.58. The molecule has 1 rings (SSSR count). The highest BCUT2D eigenvalue weighted by atomic mass is 28.5. The van der Waals surface area contributed by atoms with E-state index in [0.29, 0.717) is 6.61 Å². The van der Waals surface area contributed by atoms with E-state index >= 15 is 0 Å². The molecule has 0 bridgehead atoms. The van der Waals surface area contributed by atoms with E-state index in [0.717, 1.165) is 18.9 Å². The van der Waals surface area contributed by atoms with Crippen LogP contribution in [0.5, 0.6) is 0 Å². The number of hydrogen-bond acceptors (Lipinski definition) is 5. The lowest BCUT2D eigenvalue weighted by Crippen LogP contribution is -2.52. The second kappa shape index (κ2) is 6.95. The Hall–Kier alpha value is -0.159. The van der Waals surface area contributed by atoms with Gasteiger partial charge >= 0.3 is 14.7 Å². The molecule has 0 saturated carbocycles. The summed E-state index contributed by atoms with van der Waals surface area (Å²) in [7, 11) is -5.44. The second-order valence-corrected chi connectivity index (χ2v) is 20.6. The molecule has 1 unspecified atom stereocenters. The molecule has 0 spiro atoms. The molecule has 0 aromatic carbocycles. The van der Waals surface area contributed by atoms with Crippen LogP contribution < -0.4 is 0 Å². The summed E-state index contributed by atoms with van der Waals surface area (Å²) in [6.07, 6.45) is 1.11. The topological polar surface area (TPSA) is 54.0 Å². The van der Waals surface area contributed by atoms with E-state index in [9.17, 15) is 4.79 Å². The predicted octanol–water partition coefficient (Wildman–Crippen LogP) is 4.08. The standard InChI is InChI=1S/C13H30O5Si3/c1-19(2,3)17-21(7,18-20(4,5)6)10-8-9-12-11-15-13(14)16-12/h12H,8-11H2,1-7H3. The average Bonchev–Trinajstić information content (AvgIpc) is 2.57. The number of hydrogen-bond donors (Lipinski definition) is 0. The number of cyclic esters (lactones) is 2. The Morgan fingerprint density at radius 2 is 1.57 bits per heavy atom. The van der Waals surface area contributed by atoms with Crippen molar-refractivity contribution in [3.63, 3.8) is 0 Å². The Bertz CT molecular complexity index is 346. The van der Waals surface area contributed by atoms with Crippen molar-refractivity contribution in [1.82, 2.24) is 0 Å². The lowest BCUT2D eigenvalue weighted by molar-refractivity contribution is 0.116. The van der Waals surface area contributed by atoms with Crippen LogP contribution in [0.4, 0.5) is 4.79 Å². The van der Waals surface area contributed by atoms with Crippen molar-refractivity contribution in [3.05, 3.63) is 0 Å². The van der Waals surface area contributed by atoms with Crippen LogP contribution in [-0.4, -0.2) is 44.1 Å². The molecule has 1 fully saturated rings. The Morgan fingerprint density at radius 3 is 1.95 bits per heavy atom. The van der Waals surface area contributed by atoms with E-state index in [-0.39, 0.29) is 6.10 Å². The lowest BCUT2D eigenvalue weighted by Gasteiger charge is -2.38. The molecular weight excluding hydrogens is 320 g/mol. The summed E-state index contributed by atoms with van der Waals surface area (Å²) in [5.74, 6) is 0. The molecule has 8 heteroatoms. The molecule has 1 aliphatic heterocycles. The van der Waals surface area contributed by atoms with Crippen LogP contribution in [0.25, 0.3) is 0 Å². The Morgan fingerprint density at radius 1 is 1.05 bits per heavy atom. The first-order chi connectivity index (χ1) is 9.39. The summed E-state index contributed by atoms with van der Waals surface area (Å²) < 4.78 is 22.8. The third-order valence-corrected chi connectivity index (χ3v) is 12.5. The first-order valence-electron chi connectivity index (χ1n) is 7.62. The van der Waals surface area contributed by atoms with E-state index in [1.54, 1.807) is 0 Å². The van der Waals surface area contributed by atoms with Gasteiger partial charge in [0.2, 0.25) is 0 Å². The summed E-state index contributed by atoms with van der Waals surface area (Å²) in [5, 5.41) is 0. The van der Waals surface area contributed by atoms with Crippen molar-refractivity contribution in [2.45, 2.75) is 70.8 Å². The van der Waals surface area contributed by atoms with Crippen LogP contribution in [0.15, 0.2) is 0 Å². The third kappa shape index (κ3) is 8.15. The minimum absolute atomic E-state index is 0.102. The number of ether oxygens (including phenoxy) is 2.